The van der Waals surface area contributed by atoms with Gasteiger partial charge in [-0.3, -0.25) is 4.79 Å². The molecule has 0 spiro atoms. The minimum Gasteiger partial charge on any atom is -0.485 e. The number of hydrogen-bond acceptors (Lipinski definition) is 3. The van der Waals surface area contributed by atoms with Gasteiger partial charge in [-0.25, -0.2) is 4.39 Å². The highest BCUT2D eigenvalue weighted by Gasteiger charge is 2.43. The fourth-order valence-electron chi connectivity index (χ4n) is 3.24. The molecule has 1 amide bonds. The van der Waals surface area contributed by atoms with Crippen LogP contribution >= 0.6 is 0 Å². The van der Waals surface area contributed by atoms with Gasteiger partial charge < -0.3 is 15.2 Å². The number of rotatable bonds is 3. The summed E-state index contributed by atoms with van der Waals surface area (Å²) in [7, 11) is 0. The monoisotopic (exact) mass is 357 g/mol. The van der Waals surface area contributed by atoms with Crippen molar-refractivity contribution in [2.24, 2.45) is 0 Å². The van der Waals surface area contributed by atoms with Gasteiger partial charge >= 0.3 is 0 Å². The summed E-state index contributed by atoms with van der Waals surface area (Å²) in [5.41, 5.74) is 1.75. The normalized spacial score (nSPS) is 20.8. The lowest BCUT2D eigenvalue weighted by molar-refractivity contribution is -0.0628. The Balaban J connectivity index is 1.97. The highest BCUT2D eigenvalue weighted by Crippen LogP contribution is 2.40. The highest BCUT2D eigenvalue weighted by atomic mass is 19.1. The molecule has 3 rings (SSSR count). The Morgan fingerprint density at radius 1 is 1.27 bits per heavy atom. The molecule has 1 heterocycles. The average molecular weight is 357 g/mol. The molecule has 0 bridgehead atoms. The van der Waals surface area contributed by atoms with Gasteiger partial charge in [-0.15, -0.1) is 0 Å². The second-order valence-corrected chi connectivity index (χ2v) is 7.29. The van der Waals surface area contributed by atoms with Gasteiger partial charge in [-0.1, -0.05) is 13.0 Å². The quantitative estimate of drug-likeness (QED) is 0.881. The molecule has 0 saturated heterocycles. The van der Waals surface area contributed by atoms with Crippen LogP contribution in [-0.2, 0) is 6.42 Å². The third kappa shape index (κ3) is 3.31. The van der Waals surface area contributed by atoms with Crippen LogP contribution < -0.4 is 10.1 Å². The smallest absolute Gasteiger partial charge is 0.251 e. The zero-order valence-corrected chi connectivity index (χ0v) is 15.5. The standard InChI is InChI=1S/C21H24FNO3/c1-5-13-6-9-17-15(11-13)18(19(24)21(3,4)26-17)23-20(25)14-7-8-16(22)12(2)10-14/h6-11,18-19,24H,5H2,1-4H3,(H,23,25)/t18-,19+/m0/s1. The van der Waals surface area contributed by atoms with Crippen molar-refractivity contribution in [3.05, 3.63) is 64.5 Å². The van der Waals surface area contributed by atoms with Crippen molar-refractivity contribution in [1.29, 1.82) is 0 Å². The van der Waals surface area contributed by atoms with Crippen molar-refractivity contribution >= 4 is 5.91 Å². The highest BCUT2D eigenvalue weighted by molar-refractivity contribution is 5.94. The number of benzene rings is 2. The number of carbonyl (C=O) groups is 1. The number of amides is 1. The maximum absolute atomic E-state index is 13.5. The first-order chi connectivity index (χ1) is 12.2. The topological polar surface area (TPSA) is 58.6 Å². The predicted molar refractivity (Wildman–Crippen MR) is 97.9 cm³/mol. The molecule has 0 unspecified atom stereocenters. The first kappa shape index (κ1) is 18.4. The molecule has 4 nitrogen and oxygen atoms in total. The lowest BCUT2D eigenvalue weighted by Gasteiger charge is -2.42. The SMILES string of the molecule is CCc1ccc2c(c1)[C@H](NC(=O)c1ccc(F)c(C)c1)[C@@H](O)C(C)(C)O2. The molecule has 2 atom stereocenters. The van der Waals surface area contributed by atoms with Crippen molar-refractivity contribution in [2.75, 3.05) is 0 Å². The number of fused-ring (bicyclic) bond motifs is 1. The third-order valence-electron chi connectivity index (χ3n) is 4.93. The fraction of sp³-hybridized carbons (Fsp3) is 0.381. The summed E-state index contributed by atoms with van der Waals surface area (Å²) in [4.78, 5) is 12.7. The molecule has 26 heavy (non-hydrogen) atoms. The summed E-state index contributed by atoms with van der Waals surface area (Å²) < 4.78 is 19.4. The van der Waals surface area contributed by atoms with Crippen molar-refractivity contribution in [1.82, 2.24) is 5.32 Å². The summed E-state index contributed by atoms with van der Waals surface area (Å²) >= 11 is 0. The number of aryl methyl sites for hydroxylation is 2. The van der Waals surface area contributed by atoms with Gasteiger partial charge in [-0.05, 0) is 68.7 Å². The zero-order valence-electron chi connectivity index (χ0n) is 15.5. The molecule has 2 aromatic rings. The molecule has 1 aliphatic heterocycles. The molecular formula is C21H24FNO3. The fourth-order valence-corrected chi connectivity index (χ4v) is 3.24. The Bertz CT molecular complexity index is 847. The van der Waals surface area contributed by atoms with Crippen LogP contribution in [0.4, 0.5) is 4.39 Å². The van der Waals surface area contributed by atoms with Crippen molar-refractivity contribution in [2.45, 2.75) is 51.9 Å². The molecule has 2 N–H and O–H groups in total. The molecule has 1 aliphatic rings. The van der Waals surface area contributed by atoms with Crippen LogP contribution in [0.3, 0.4) is 0 Å². The van der Waals surface area contributed by atoms with Gasteiger partial charge in [0.2, 0.25) is 0 Å². The zero-order chi connectivity index (χ0) is 19.1. The first-order valence-corrected chi connectivity index (χ1v) is 8.80. The van der Waals surface area contributed by atoms with Crippen LogP contribution in [0.15, 0.2) is 36.4 Å². The summed E-state index contributed by atoms with van der Waals surface area (Å²) in [6.07, 6.45) is -0.0856. The van der Waals surface area contributed by atoms with E-state index in [1.165, 1.54) is 18.2 Å². The maximum Gasteiger partial charge on any atom is 0.251 e. The van der Waals surface area contributed by atoms with Crippen LogP contribution in [0.5, 0.6) is 5.75 Å². The van der Waals surface area contributed by atoms with E-state index in [1.54, 1.807) is 20.8 Å². The number of halogens is 1. The Labute approximate surface area is 153 Å². The minimum atomic E-state index is -0.924. The lowest BCUT2D eigenvalue weighted by Crippen LogP contribution is -2.53. The third-order valence-corrected chi connectivity index (χ3v) is 4.93. The Morgan fingerprint density at radius 2 is 2.00 bits per heavy atom. The van der Waals surface area contributed by atoms with E-state index in [0.717, 1.165) is 17.5 Å². The van der Waals surface area contributed by atoms with Crippen LogP contribution in [0.2, 0.25) is 0 Å². The van der Waals surface area contributed by atoms with Gasteiger partial charge in [0, 0.05) is 11.1 Å². The Morgan fingerprint density at radius 3 is 2.65 bits per heavy atom. The Hall–Kier alpha value is -2.40. The number of nitrogens with one attached hydrogen (secondary N) is 1. The van der Waals surface area contributed by atoms with Gasteiger partial charge in [0.1, 0.15) is 23.3 Å². The largest absolute Gasteiger partial charge is 0.485 e. The molecule has 2 aromatic carbocycles. The summed E-state index contributed by atoms with van der Waals surface area (Å²) in [6.45, 7) is 7.23. The first-order valence-electron chi connectivity index (χ1n) is 8.80. The molecule has 5 heteroatoms. The van der Waals surface area contributed by atoms with Crippen molar-refractivity contribution < 1.29 is 19.0 Å². The maximum atomic E-state index is 13.5. The number of hydrogen-bond donors (Lipinski definition) is 2. The van der Waals surface area contributed by atoms with E-state index in [9.17, 15) is 14.3 Å². The van der Waals surface area contributed by atoms with Crippen molar-refractivity contribution in [3.8, 4) is 5.75 Å². The summed E-state index contributed by atoms with van der Waals surface area (Å²) in [5.74, 6) is -0.0625. The predicted octanol–water partition coefficient (Wildman–Crippen LogP) is 3.70. The van der Waals surface area contributed by atoms with E-state index in [1.807, 2.05) is 25.1 Å². The molecule has 138 valence electrons. The van der Waals surface area contributed by atoms with Gasteiger partial charge in [-0.2, -0.15) is 0 Å². The minimum absolute atomic E-state index is 0.355. The van der Waals surface area contributed by atoms with Crippen LogP contribution in [0.1, 0.15) is 53.9 Å². The van der Waals surface area contributed by atoms with Crippen molar-refractivity contribution in [3.63, 3.8) is 0 Å². The van der Waals surface area contributed by atoms with Gasteiger partial charge in [0.15, 0.2) is 0 Å². The molecule has 0 fully saturated rings. The van der Waals surface area contributed by atoms with Crippen LogP contribution in [0, 0.1) is 12.7 Å². The van der Waals surface area contributed by atoms with Crippen LogP contribution in [-0.4, -0.2) is 22.7 Å². The molecule has 0 saturated carbocycles. The number of carbonyl (C=O) groups excluding carboxylic acids is 1. The lowest BCUT2D eigenvalue weighted by atomic mass is 9.85. The number of aliphatic hydroxyl groups excluding tert-OH is 1. The van der Waals surface area contributed by atoms with E-state index in [0.29, 0.717) is 16.9 Å². The average Bonchev–Trinajstić information content (AvgIpc) is 2.60. The number of aliphatic hydroxyl groups is 1. The summed E-state index contributed by atoms with van der Waals surface area (Å²) in [5, 5.41) is 13.7. The van der Waals surface area contributed by atoms with E-state index in [2.05, 4.69) is 5.32 Å². The van der Waals surface area contributed by atoms with Gasteiger partial charge in [0.25, 0.3) is 5.91 Å². The summed E-state index contributed by atoms with van der Waals surface area (Å²) in [6, 6.07) is 9.42. The second-order valence-electron chi connectivity index (χ2n) is 7.29. The van der Waals surface area contributed by atoms with E-state index in [4.69, 9.17) is 4.74 Å². The Kier molecular flexibility index (Phi) is 4.76. The molecule has 0 aliphatic carbocycles. The second kappa shape index (κ2) is 6.72. The van der Waals surface area contributed by atoms with Gasteiger partial charge in [0.05, 0.1) is 6.04 Å². The van der Waals surface area contributed by atoms with E-state index in [-0.39, 0.29) is 11.7 Å². The van der Waals surface area contributed by atoms with E-state index < -0.39 is 17.7 Å². The molecule has 0 radical (unpaired) electrons. The molecular weight excluding hydrogens is 333 g/mol. The number of ether oxygens (including phenoxy) is 1. The van der Waals surface area contributed by atoms with Crippen LogP contribution in [0.25, 0.3) is 0 Å². The van der Waals surface area contributed by atoms with E-state index >= 15 is 0 Å². The molecule has 0 aromatic heterocycles.